The molecule has 35 heavy (non-hydrogen) atoms. The standard InChI is InChI=1S/C20H34N3O10PS/c1-12(18(27)28)10-15(25)35-9-8-21-14(24)6-7-22-17(26)16-20(3,4)11-32-34(30,33-16)23-13(2)19(29)31-5/h12-13,16H,6-11H2,1-5H3,(H,21,24)(H,22,26)(H,23,30)(H,27,28)/t12?,13-,16-,34?/m0/s1. The smallest absolute Gasteiger partial charge is 0.407 e. The quantitative estimate of drug-likeness (QED) is 0.146. The SMILES string of the molecule is COC(=O)[C@H](C)NP1(=O)OCC(C)(C)[C@H](C(=O)NCCC(=O)NCCSC(=O)CC(C)C(=O)O)O1. The molecule has 0 bridgehead atoms. The summed E-state index contributed by atoms with van der Waals surface area (Å²) in [4.78, 5) is 58.7. The van der Waals surface area contributed by atoms with Gasteiger partial charge in [0.05, 0.1) is 19.6 Å². The summed E-state index contributed by atoms with van der Waals surface area (Å²) >= 11 is 0.942. The van der Waals surface area contributed by atoms with E-state index in [4.69, 9.17) is 14.2 Å². The molecule has 2 unspecified atom stereocenters. The Hall–Kier alpha value is -1.99. The van der Waals surface area contributed by atoms with Gasteiger partial charge in [-0.2, -0.15) is 0 Å². The van der Waals surface area contributed by atoms with Crippen molar-refractivity contribution in [3.05, 3.63) is 0 Å². The fourth-order valence-electron chi connectivity index (χ4n) is 2.81. The van der Waals surface area contributed by atoms with Crippen molar-refractivity contribution in [2.45, 2.75) is 52.7 Å². The van der Waals surface area contributed by atoms with E-state index in [1.54, 1.807) is 13.8 Å². The molecule has 1 rings (SSSR count). The summed E-state index contributed by atoms with van der Waals surface area (Å²) in [7, 11) is -2.80. The van der Waals surface area contributed by atoms with Crippen LogP contribution >= 0.6 is 19.5 Å². The number of thioether (sulfide) groups is 1. The molecule has 13 nitrogen and oxygen atoms in total. The molecule has 0 aromatic rings. The zero-order valence-corrected chi connectivity index (χ0v) is 22.2. The van der Waals surface area contributed by atoms with Gasteiger partial charge in [0.2, 0.25) is 11.8 Å². The summed E-state index contributed by atoms with van der Waals surface area (Å²) in [5.74, 6) is -3.14. The van der Waals surface area contributed by atoms with E-state index in [1.807, 2.05) is 0 Å². The molecule has 4 atom stereocenters. The Bertz CT molecular complexity index is 853. The van der Waals surface area contributed by atoms with Gasteiger partial charge in [-0.1, -0.05) is 32.5 Å². The lowest BCUT2D eigenvalue weighted by molar-refractivity contribution is -0.143. The van der Waals surface area contributed by atoms with Gasteiger partial charge in [0.1, 0.15) is 6.04 Å². The van der Waals surface area contributed by atoms with Gasteiger partial charge in [0.25, 0.3) is 0 Å². The number of rotatable bonds is 13. The second-order valence-corrected chi connectivity index (χ2v) is 11.5. The molecule has 0 aromatic heterocycles. The molecular weight excluding hydrogens is 505 g/mol. The Morgan fingerprint density at radius 1 is 1.17 bits per heavy atom. The predicted molar refractivity (Wildman–Crippen MR) is 126 cm³/mol. The van der Waals surface area contributed by atoms with Crippen molar-refractivity contribution in [1.29, 1.82) is 0 Å². The van der Waals surface area contributed by atoms with Crippen LogP contribution in [0.25, 0.3) is 0 Å². The van der Waals surface area contributed by atoms with Crippen molar-refractivity contribution < 1.29 is 47.4 Å². The molecule has 15 heteroatoms. The van der Waals surface area contributed by atoms with Gasteiger partial charge >= 0.3 is 19.7 Å². The van der Waals surface area contributed by atoms with Gasteiger partial charge in [0, 0.05) is 37.1 Å². The minimum Gasteiger partial charge on any atom is -0.481 e. The molecule has 0 saturated carbocycles. The first-order valence-corrected chi connectivity index (χ1v) is 13.4. The summed E-state index contributed by atoms with van der Waals surface area (Å²) in [6.45, 7) is 6.35. The van der Waals surface area contributed by atoms with Crippen LogP contribution in [0.1, 0.15) is 40.5 Å². The van der Waals surface area contributed by atoms with Crippen molar-refractivity contribution in [1.82, 2.24) is 15.7 Å². The van der Waals surface area contributed by atoms with E-state index in [9.17, 15) is 28.5 Å². The number of carboxylic acids is 1. The van der Waals surface area contributed by atoms with Crippen LogP contribution in [0, 0.1) is 11.3 Å². The third kappa shape index (κ3) is 10.7. The normalized spacial score (nSPS) is 22.9. The number of esters is 1. The zero-order valence-electron chi connectivity index (χ0n) is 20.5. The Morgan fingerprint density at radius 2 is 1.83 bits per heavy atom. The first kappa shape index (κ1) is 31.0. The lowest BCUT2D eigenvalue weighted by Crippen LogP contribution is -2.51. The molecule has 0 spiro atoms. The molecule has 1 aliphatic rings. The van der Waals surface area contributed by atoms with E-state index < -0.39 is 49.1 Å². The summed E-state index contributed by atoms with van der Waals surface area (Å²) in [6.07, 6.45) is -1.30. The molecule has 1 heterocycles. The molecule has 1 fully saturated rings. The van der Waals surface area contributed by atoms with Gasteiger partial charge in [-0.25, -0.2) is 9.65 Å². The second kappa shape index (κ2) is 13.9. The van der Waals surface area contributed by atoms with Crippen LogP contribution in [0.5, 0.6) is 0 Å². The summed E-state index contributed by atoms with van der Waals surface area (Å²) in [6, 6.07) is -0.992. The highest BCUT2D eigenvalue weighted by Crippen LogP contribution is 2.53. The number of ether oxygens (including phenoxy) is 1. The van der Waals surface area contributed by atoms with E-state index in [0.717, 1.165) is 11.8 Å². The largest absolute Gasteiger partial charge is 0.481 e. The molecule has 2 amide bonds. The second-order valence-electron chi connectivity index (χ2n) is 8.67. The lowest BCUT2D eigenvalue weighted by atomic mass is 9.87. The third-order valence-electron chi connectivity index (χ3n) is 4.94. The maximum atomic E-state index is 12.9. The van der Waals surface area contributed by atoms with Crippen molar-refractivity contribution in [2.24, 2.45) is 11.3 Å². The van der Waals surface area contributed by atoms with Crippen LogP contribution in [0.3, 0.4) is 0 Å². The number of amides is 2. The monoisotopic (exact) mass is 539 g/mol. The molecule has 200 valence electrons. The third-order valence-corrected chi connectivity index (χ3v) is 7.50. The van der Waals surface area contributed by atoms with Gasteiger partial charge in [-0.3, -0.25) is 33.0 Å². The van der Waals surface area contributed by atoms with Crippen molar-refractivity contribution >= 4 is 48.4 Å². The van der Waals surface area contributed by atoms with Crippen molar-refractivity contribution in [3.8, 4) is 0 Å². The number of aliphatic carboxylic acids is 1. The summed E-state index contributed by atoms with van der Waals surface area (Å²) in [5, 5.41) is 16.1. The number of hydrogen-bond donors (Lipinski definition) is 4. The fourth-order valence-corrected chi connectivity index (χ4v) is 5.54. The number of carbonyl (C=O) groups is 5. The molecule has 1 saturated heterocycles. The van der Waals surface area contributed by atoms with E-state index in [2.05, 4.69) is 20.5 Å². The Kier molecular flexibility index (Phi) is 12.4. The average molecular weight is 540 g/mol. The lowest BCUT2D eigenvalue weighted by Gasteiger charge is -2.40. The number of carbonyl (C=O) groups excluding carboxylic acids is 4. The van der Waals surface area contributed by atoms with Gasteiger partial charge in [-0.05, 0) is 6.92 Å². The minimum absolute atomic E-state index is 0.0139. The van der Waals surface area contributed by atoms with Crippen LogP contribution in [0.4, 0.5) is 0 Å². The average Bonchev–Trinajstić information content (AvgIpc) is 2.77. The van der Waals surface area contributed by atoms with Gasteiger partial charge in [-0.15, -0.1) is 0 Å². The summed E-state index contributed by atoms with van der Waals surface area (Å²) in [5.41, 5.74) is -0.835. The van der Waals surface area contributed by atoms with Crippen molar-refractivity contribution in [2.75, 3.05) is 32.6 Å². The number of nitrogens with one attached hydrogen (secondary N) is 3. The highest BCUT2D eigenvalue weighted by atomic mass is 32.2. The van der Waals surface area contributed by atoms with E-state index in [1.165, 1.54) is 21.0 Å². The van der Waals surface area contributed by atoms with Crippen LogP contribution in [0.2, 0.25) is 0 Å². The van der Waals surface area contributed by atoms with Crippen LogP contribution < -0.4 is 15.7 Å². The van der Waals surface area contributed by atoms with Gasteiger partial charge in [0.15, 0.2) is 11.2 Å². The maximum Gasteiger partial charge on any atom is 0.407 e. The van der Waals surface area contributed by atoms with E-state index in [-0.39, 0.29) is 43.6 Å². The summed E-state index contributed by atoms with van der Waals surface area (Å²) < 4.78 is 28.2. The number of carboxylic acid groups (broad SMARTS) is 1. The van der Waals surface area contributed by atoms with Crippen molar-refractivity contribution in [3.63, 3.8) is 0 Å². The molecule has 0 aliphatic carbocycles. The van der Waals surface area contributed by atoms with Gasteiger partial charge < -0.3 is 20.5 Å². The topological polar surface area (TPSA) is 186 Å². The van der Waals surface area contributed by atoms with E-state index >= 15 is 0 Å². The highest BCUT2D eigenvalue weighted by molar-refractivity contribution is 8.13. The molecular formula is C20H34N3O10PS. The zero-order chi connectivity index (χ0) is 26.8. The maximum absolute atomic E-state index is 12.9. The van der Waals surface area contributed by atoms with Crippen LogP contribution in [-0.2, 0) is 42.3 Å². The first-order chi connectivity index (χ1) is 16.2. The van der Waals surface area contributed by atoms with E-state index in [0.29, 0.717) is 5.75 Å². The molecule has 4 N–H and O–H groups in total. The number of hydrogen-bond acceptors (Lipinski definition) is 10. The molecule has 1 aliphatic heterocycles. The van der Waals surface area contributed by atoms with Crippen LogP contribution in [0.15, 0.2) is 0 Å². The number of methoxy groups -OCH3 is 1. The fraction of sp³-hybridized carbons (Fsp3) is 0.750. The highest BCUT2D eigenvalue weighted by Gasteiger charge is 2.48. The Labute approximate surface area is 208 Å². The predicted octanol–water partition coefficient (Wildman–Crippen LogP) is 0.680. The van der Waals surface area contributed by atoms with Crippen LogP contribution in [-0.4, -0.2) is 78.7 Å². The molecule has 0 radical (unpaired) electrons. The first-order valence-electron chi connectivity index (χ1n) is 10.9. The Balaban J connectivity index is 2.44. The molecule has 0 aromatic carbocycles. The Morgan fingerprint density at radius 3 is 2.43 bits per heavy atom. The minimum atomic E-state index is -3.97.